The normalized spacial score (nSPS) is 14.3. The van der Waals surface area contributed by atoms with E-state index in [9.17, 15) is 22.0 Å². The molecule has 11 heteroatoms. The summed E-state index contributed by atoms with van der Waals surface area (Å²) in [5, 5.41) is 7.08. The lowest BCUT2D eigenvalue weighted by Gasteiger charge is -2.15. The third-order valence-corrected chi connectivity index (χ3v) is 2.99. The highest BCUT2D eigenvalue weighted by molar-refractivity contribution is 5.95. The smallest absolute Gasteiger partial charge is 0.418 e. The molecule has 1 aliphatic heterocycles. The van der Waals surface area contributed by atoms with Crippen LogP contribution in [0.4, 0.5) is 22.0 Å². The molecule has 1 aromatic heterocycles. The van der Waals surface area contributed by atoms with Crippen LogP contribution in [-0.2, 0) is 10.9 Å². The second kappa shape index (κ2) is 5.91. The van der Waals surface area contributed by atoms with Crippen LogP contribution in [0.1, 0.15) is 23.4 Å². The van der Waals surface area contributed by atoms with Crippen LogP contribution in [0.5, 0.6) is 0 Å². The number of hydrogen-bond donors (Lipinski definition) is 1. The van der Waals surface area contributed by atoms with Crippen LogP contribution < -0.4 is 5.43 Å². The third-order valence-electron chi connectivity index (χ3n) is 2.99. The third kappa shape index (κ3) is 3.05. The number of ether oxygens (including phenoxy) is 1. The average molecular weight is 345 g/mol. The number of aromatic nitrogens is 3. The molecule has 0 aliphatic carbocycles. The Kier molecular flexibility index (Phi) is 3.91. The van der Waals surface area contributed by atoms with E-state index in [0.717, 1.165) is 18.5 Å². The first-order valence-electron chi connectivity index (χ1n) is 6.43. The second-order valence-electron chi connectivity index (χ2n) is 4.54. The summed E-state index contributed by atoms with van der Waals surface area (Å²) >= 11 is 0. The minimum absolute atomic E-state index is 0.0529. The Balaban J connectivity index is 2.07. The van der Waals surface area contributed by atoms with Gasteiger partial charge in [0.1, 0.15) is 12.6 Å². The largest absolute Gasteiger partial charge is 0.443 e. The summed E-state index contributed by atoms with van der Waals surface area (Å²) in [4.78, 5) is 3.29. The van der Waals surface area contributed by atoms with Crippen molar-refractivity contribution in [1.82, 2.24) is 20.2 Å². The highest BCUT2D eigenvalue weighted by Gasteiger charge is 2.35. The first-order valence-corrected chi connectivity index (χ1v) is 6.43. The molecule has 126 valence electrons. The first kappa shape index (κ1) is 15.9. The summed E-state index contributed by atoms with van der Waals surface area (Å²) in [6, 6.07) is 3.17. The molecule has 0 fully saturated rings. The fourth-order valence-corrected chi connectivity index (χ4v) is 1.97. The Morgan fingerprint density at radius 2 is 2.00 bits per heavy atom. The van der Waals surface area contributed by atoms with E-state index >= 15 is 0 Å². The van der Waals surface area contributed by atoms with Gasteiger partial charge in [0, 0.05) is 5.56 Å². The summed E-state index contributed by atoms with van der Waals surface area (Å²) in [7, 11) is 0. The topological polar surface area (TPSA) is 64.3 Å². The zero-order valence-corrected chi connectivity index (χ0v) is 11.6. The van der Waals surface area contributed by atoms with Crippen LogP contribution in [0.25, 0.3) is 5.69 Å². The summed E-state index contributed by atoms with van der Waals surface area (Å²) in [6.45, 7) is 0. The number of benzene rings is 1. The number of alkyl halides is 5. The molecule has 1 N–H and O–H groups in total. The molecule has 0 atom stereocenters. The van der Waals surface area contributed by atoms with E-state index in [1.165, 1.54) is 18.5 Å². The lowest BCUT2D eigenvalue weighted by atomic mass is 10.1. The van der Waals surface area contributed by atoms with Gasteiger partial charge in [-0.15, -0.1) is 10.2 Å². The van der Waals surface area contributed by atoms with Crippen molar-refractivity contribution < 1.29 is 26.7 Å². The Morgan fingerprint density at radius 3 is 2.58 bits per heavy atom. The van der Waals surface area contributed by atoms with E-state index in [0.29, 0.717) is 4.68 Å². The summed E-state index contributed by atoms with van der Waals surface area (Å²) in [5.74, 6) is -0.928. The molecule has 0 saturated carbocycles. The summed E-state index contributed by atoms with van der Waals surface area (Å²) in [5.41, 5.74) is 0.966. The van der Waals surface area contributed by atoms with Crippen molar-refractivity contribution in [1.29, 1.82) is 0 Å². The number of nitrogens with one attached hydrogen (secondary N) is 1. The van der Waals surface area contributed by atoms with Crippen LogP contribution in [-0.4, -0.2) is 20.7 Å². The van der Waals surface area contributed by atoms with Gasteiger partial charge in [-0.25, -0.2) is 18.4 Å². The van der Waals surface area contributed by atoms with Crippen LogP contribution in [0.3, 0.4) is 0 Å². The molecular weight excluding hydrogens is 337 g/mol. The van der Waals surface area contributed by atoms with Crippen molar-refractivity contribution in [2.45, 2.75) is 12.6 Å². The number of hydrazone groups is 1. The highest BCUT2D eigenvalue weighted by atomic mass is 19.4. The summed E-state index contributed by atoms with van der Waals surface area (Å²) in [6.07, 6.45) is -4.37. The fraction of sp³-hybridized carbons (Fsp3) is 0.154. The van der Waals surface area contributed by atoms with E-state index in [1.807, 2.05) is 0 Å². The van der Waals surface area contributed by atoms with Gasteiger partial charge < -0.3 is 4.74 Å². The van der Waals surface area contributed by atoms with Crippen molar-refractivity contribution >= 4 is 5.90 Å². The molecule has 24 heavy (non-hydrogen) atoms. The van der Waals surface area contributed by atoms with Crippen molar-refractivity contribution in [3.63, 3.8) is 0 Å². The maximum Gasteiger partial charge on any atom is 0.418 e. The standard InChI is InChI=1S/C13H8F5N5O/c14-10(15)11-19-6-23(22-11)9-2-1-7(5-8(9)13(16,17)18)12-21-20-3-4-24-12/h1-6,10,20H. The Hall–Kier alpha value is -2.98. The van der Waals surface area contributed by atoms with Gasteiger partial charge >= 0.3 is 6.18 Å². The van der Waals surface area contributed by atoms with Crippen LogP contribution >= 0.6 is 0 Å². The van der Waals surface area contributed by atoms with Gasteiger partial charge in [-0.05, 0) is 18.2 Å². The van der Waals surface area contributed by atoms with Crippen molar-refractivity contribution in [2.24, 2.45) is 5.10 Å². The molecule has 0 saturated heterocycles. The number of rotatable bonds is 3. The van der Waals surface area contributed by atoms with Crippen LogP contribution in [0, 0.1) is 0 Å². The highest BCUT2D eigenvalue weighted by Crippen LogP contribution is 2.34. The SMILES string of the molecule is FC(F)c1ncn(-c2ccc(C3=NNC=CO3)cc2C(F)(F)F)n1. The van der Waals surface area contributed by atoms with Gasteiger partial charge in [0.15, 0.2) is 0 Å². The minimum Gasteiger partial charge on any atom is -0.443 e. The predicted molar refractivity (Wildman–Crippen MR) is 71.2 cm³/mol. The van der Waals surface area contributed by atoms with Crippen LogP contribution in [0.2, 0.25) is 0 Å². The Bertz CT molecular complexity index is 811. The number of halogens is 5. The van der Waals surface area contributed by atoms with E-state index < -0.39 is 29.7 Å². The van der Waals surface area contributed by atoms with Gasteiger partial charge in [0.05, 0.1) is 17.5 Å². The van der Waals surface area contributed by atoms with E-state index in [2.05, 4.69) is 20.6 Å². The number of nitrogens with zero attached hydrogens (tertiary/aromatic N) is 4. The molecule has 0 spiro atoms. The lowest BCUT2D eigenvalue weighted by Crippen LogP contribution is -2.16. The van der Waals surface area contributed by atoms with Crippen molar-refractivity contribution in [3.8, 4) is 5.69 Å². The average Bonchev–Trinajstić information content (AvgIpc) is 3.04. The molecule has 0 radical (unpaired) electrons. The van der Waals surface area contributed by atoms with Gasteiger partial charge in [0.2, 0.25) is 11.7 Å². The summed E-state index contributed by atoms with van der Waals surface area (Å²) < 4.78 is 70.7. The molecular formula is C13H8F5N5O. The lowest BCUT2D eigenvalue weighted by molar-refractivity contribution is -0.137. The van der Waals surface area contributed by atoms with Gasteiger partial charge in [-0.2, -0.15) is 13.2 Å². The van der Waals surface area contributed by atoms with Gasteiger partial charge in [-0.1, -0.05) is 0 Å². The molecule has 0 bridgehead atoms. The zero-order valence-electron chi connectivity index (χ0n) is 11.6. The Labute approximate surface area is 131 Å². The molecule has 3 rings (SSSR count). The molecule has 0 amide bonds. The van der Waals surface area contributed by atoms with Crippen LogP contribution in [0.15, 0.2) is 42.1 Å². The molecule has 2 heterocycles. The van der Waals surface area contributed by atoms with Crippen molar-refractivity contribution in [2.75, 3.05) is 0 Å². The second-order valence-corrected chi connectivity index (χ2v) is 4.54. The predicted octanol–water partition coefficient (Wildman–Crippen LogP) is 2.98. The molecule has 1 aliphatic rings. The quantitative estimate of drug-likeness (QED) is 0.869. The number of hydrogen-bond acceptors (Lipinski definition) is 5. The first-order chi connectivity index (χ1) is 11.4. The van der Waals surface area contributed by atoms with E-state index in [4.69, 9.17) is 4.74 Å². The van der Waals surface area contributed by atoms with Gasteiger partial charge in [-0.3, -0.25) is 5.43 Å². The molecule has 0 unspecified atom stereocenters. The minimum atomic E-state index is -4.75. The van der Waals surface area contributed by atoms with Gasteiger partial charge in [0.25, 0.3) is 6.43 Å². The fourth-order valence-electron chi connectivity index (χ4n) is 1.97. The molecule has 1 aromatic carbocycles. The Morgan fingerprint density at radius 1 is 1.21 bits per heavy atom. The maximum absolute atomic E-state index is 13.3. The molecule has 6 nitrogen and oxygen atoms in total. The zero-order chi connectivity index (χ0) is 17.3. The van der Waals surface area contributed by atoms with Crippen molar-refractivity contribution in [3.05, 3.63) is 53.9 Å². The molecule has 2 aromatic rings. The van der Waals surface area contributed by atoms with E-state index in [1.54, 1.807) is 0 Å². The van der Waals surface area contributed by atoms with E-state index in [-0.39, 0.29) is 11.5 Å². The maximum atomic E-state index is 13.3. The monoisotopic (exact) mass is 345 g/mol.